The summed E-state index contributed by atoms with van der Waals surface area (Å²) < 4.78 is 19.7. The second-order valence-corrected chi connectivity index (χ2v) is 29.5. The highest BCUT2D eigenvalue weighted by Crippen LogP contribution is 2.22. The highest BCUT2D eigenvalue weighted by Gasteiger charge is 2.31. The van der Waals surface area contributed by atoms with Crippen LogP contribution >= 0.6 is 34.8 Å². The normalized spacial score (nSPS) is 14.7. The summed E-state index contributed by atoms with van der Waals surface area (Å²) in [6.45, 7) is 1.54. The summed E-state index contributed by atoms with van der Waals surface area (Å²) in [6, 6.07) is 14.5. The van der Waals surface area contributed by atoms with Crippen LogP contribution in [-0.4, -0.2) is 320 Å². The van der Waals surface area contributed by atoms with Gasteiger partial charge in [0.2, 0.25) is 17.7 Å². The number of aromatic nitrogens is 3. The molecule has 1 aromatic heterocycles. The monoisotopic (exact) mass is 1790 g/mol. The lowest BCUT2D eigenvalue weighted by atomic mass is 10.0. The van der Waals surface area contributed by atoms with E-state index in [9.17, 15) is 98.1 Å². The number of nitrogens with zero attached hydrogens (tertiary/aromatic N) is 7. The Morgan fingerprint density at radius 1 is 0.475 bits per heavy atom. The molecular weight excluding hydrogens is 1680 g/mol. The number of amides is 7. The summed E-state index contributed by atoms with van der Waals surface area (Å²) in [5, 5.41) is 110. The van der Waals surface area contributed by atoms with Crippen molar-refractivity contribution in [3.63, 3.8) is 0 Å². The van der Waals surface area contributed by atoms with Crippen molar-refractivity contribution < 1.29 is 117 Å². The van der Waals surface area contributed by atoms with Crippen molar-refractivity contribution in [1.82, 2.24) is 71.8 Å². The third-order valence-electron chi connectivity index (χ3n) is 18.4. The zero-order valence-corrected chi connectivity index (χ0v) is 68.6. The van der Waals surface area contributed by atoms with Gasteiger partial charge < -0.3 is 103 Å². The average molecular weight is 1790 g/mol. The molecule has 5 rings (SSSR count). The molecule has 3 aromatic carbocycles. The first-order valence-electron chi connectivity index (χ1n) is 38.8. The summed E-state index contributed by atoms with van der Waals surface area (Å²) in [6.07, 6.45) is 4.96. The first-order valence-corrected chi connectivity index (χ1v) is 40.2. The Labute approximate surface area is 700 Å². The van der Waals surface area contributed by atoms with Gasteiger partial charge in [-0.3, -0.25) is 58.0 Å². The standard InChI is InChI=1S/C76H109IN16O24S/c77-54-20-16-51(17-21-54)9-7-15-63(94)78-27-4-2-13-59(71(107)108)84-70(106)58(12-1-6-29-80-76(118)82-55-22-18-52(19-23-55)43-57-45-91(49-68(102)103)33-32-89(47-66(98)99)30-31-90(48-67(100)101)34-35-92(57)50-69(104)105)83-64(95)26-37-115-39-41-117-42-40-116-38-36-93-46-62(87-88-93)53-10-8-11-56(44-53)81-74(113)79-28-5-3-14-60(72(109)110)85-75(114)86-61(73(111)112)24-25-65(96)97/h8,10-11,16-23,44,46,57-61H,1-7,9,12-15,24-43,45,47-50H2,(H,78,94)(H,83,95)(H,84,106)(H,96,97)(H,98,99)(H,100,101)(H,102,103)(H,104,105)(H,107,108)(H,109,110)(H,111,112)(H2,79,81,113)(H2,80,82,118)(H2,85,86,114)/t57?,58-,59?,60?,61-/m0/s1. The number of aliphatic carboxylic acids is 8. The Morgan fingerprint density at radius 2 is 1.00 bits per heavy atom. The number of aryl methyl sites for hydroxylation is 1. The highest BCUT2D eigenvalue weighted by molar-refractivity contribution is 14.1. The summed E-state index contributed by atoms with van der Waals surface area (Å²) in [5.41, 5.74) is 4.08. The number of rotatable bonds is 55. The summed E-state index contributed by atoms with van der Waals surface area (Å²) in [7, 11) is 0. The number of hydrogen-bond acceptors (Lipinski definition) is 23. The molecule has 17 N–H and O–H groups in total. The average Bonchev–Trinajstić information content (AvgIpc) is 1.82. The Balaban J connectivity index is 1.05. The first-order chi connectivity index (χ1) is 56.5. The van der Waals surface area contributed by atoms with Crippen molar-refractivity contribution in [2.45, 2.75) is 139 Å². The van der Waals surface area contributed by atoms with E-state index < -0.39 is 128 Å². The molecule has 0 aliphatic carbocycles. The minimum atomic E-state index is -1.54. The van der Waals surface area contributed by atoms with E-state index in [1.807, 2.05) is 24.3 Å². The number of benzene rings is 3. The fourth-order valence-corrected chi connectivity index (χ4v) is 12.9. The van der Waals surface area contributed by atoms with Gasteiger partial charge in [0, 0.05) is 111 Å². The molecule has 1 aliphatic heterocycles. The predicted octanol–water partition coefficient (Wildman–Crippen LogP) is 2.34. The summed E-state index contributed by atoms with van der Waals surface area (Å²) in [4.78, 5) is 166. The summed E-state index contributed by atoms with van der Waals surface area (Å²) >= 11 is 7.84. The predicted molar refractivity (Wildman–Crippen MR) is 439 cm³/mol. The Bertz CT molecular complexity index is 3890. The van der Waals surface area contributed by atoms with Crippen LogP contribution in [0.1, 0.15) is 101 Å². The number of thiocarbonyl (C=S) groups is 1. The molecule has 0 spiro atoms. The zero-order chi connectivity index (χ0) is 86.2. The second kappa shape index (κ2) is 55.4. The van der Waals surface area contributed by atoms with Crippen LogP contribution in [0.4, 0.5) is 21.0 Å². The quantitative estimate of drug-likeness (QED) is 0.0171. The number of carbonyl (C=O) groups is 13. The molecule has 42 heteroatoms. The Kier molecular flexibility index (Phi) is 46.1. The zero-order valence-electron chi connectivity index (χ0n) is 65.6. The van der Waals surface area contributed by atoms with E-state index in [-0.39, 0.29) is 155 Å². The molecule has 3 unspecified atom stereocenters. The van der Waals surface area contributed by atoms with Crippen molar-refractivity contribution in [3.8, 4) is 11.3 Å². The lowest BCUT2D eigenvalue weighted by molar-refractivity contribution is -0.142. The topological polar surface area (TPSA) is 563 Å². The Hall–Kier alpha value is -10.4. The van der Waals surface area contributed by atoms with Gasteiger partial charge in [-0.1, -0.05) is 41.6 Å². The van der Waals surface area contributed by atoms with Crippen LogP contribution in [0, 0.1) is 3.57 Å². The van der Waals surface area contributed by atoms with E-state index in [0.29, 0.717) is 87.2 Å². The lowest BCUT2D eigenvalue weighted by Crippen LogP contribution is -2.53. The molecule has 4 aromatic rings. The van der Waals surface area contributed by atoms with Gasteiger partial charge in [0.05, 0.1) is 78.6 Å². The van der Waals surface area contributed by atoms with Crippen LogP contribution in [0.25, 0.3) is 11.3 Å². The number of halogens is 1. The van der Waals surface area contributed by atoms with Crippen LogP contribution in [0.5, 0.6) is 0 Å². The molecule has 7 amide bonds. The maximum absolute atomic E-state index is 13.9. The van der Waals surface area contributed by atoms with Crippen LogP contribution in [0.15, 0.2) is 79.0 Å². The van der Waals surface area contributed by atoms with Gasteiger partial charge in [-0.25, -0.2) is 28.7 Å². The van der Waals surface area contributed by atoms with Crippen molar-refractivity contribution in [3.05, 3.63) is 93.7 Å². The first kappa shape index (κ1) is 98.2. The lowest BCUT2D eigenvalue weighted by Gasteiger charge is -2.37. The Morgan fingerprint density at radius 3 is 1.59 bits per heavy atom. The molecule has 1 aliphatic rings. The van der Waals surface area contributed by atoms with Gasteiger partial charge in [0.15, 0.2) is 5.11 Å². The van der Waals surface area contributed by atoms with Gasteiger partial charge in [-0.05, 0) is 166 Å². The van der Waals surface area contributed by atoms with Crippen molar-refractivity contribution in [2.24, 2.45) is 0 Å². The molecular formula is C76H109IN16O24S. The van der Waals surface area contributed by atoms with E-state index in [1.54, 1.807) is 79.0 Å². The molecule has 40 nitrogen and oxygen atoms in total. The van der Waals surface area contributed by atoms with Crippen molar-refractivity contribution in [2.75, 3.05) is 142 Å². The second-order valence-electron chi connectivity index (χ2n) is 27.9. The molecule has 2 heterocycles. The number of ether oxygens (including phenoxy) is 3. The molecule has 0 saturated carbocycles. The molecule has 5 atom stereocenters. The molecule has 0 bridgehead atoms. The van der Waals surface area contributed by atoms with E-state index in [2.05, 4.69) is 80.8 Å². The maximum Gasteiger partial charge on any atom is 0.326 e. The SMILES string of the molecule is O=C(O)CC[C@H](NC(=O)NC(CCCCNC(=O)Nc1cccc(-c2cn(CCOCCOCCOCCC(=O)N[C@@H](CCCCNC(=S)Nc3ccc(CC4CN(CC(=O)O)CCN(CC(=O)O)CCN(CC(=O)O)CCN4CC(=O)O)cc3)C(=O)NC(CCCCNC(=O)CCCc3ccc(I)cc3)C(=O)O)nn2)c1)C(=O)O)C(=O)O. The molecule has 1 saturated heterocycles. The number of carboxylic acids is 8. The number of anilines is 2. The van der Waals surface area contributed by atoms with Crippen LogP contribution in [0.2, 0.25) is 0 Å². The van der Waals surface area contributed by atoms with Crippen LogP contribution in [-0.2, 0) is 86.3 Å². The molecule has 0 radical (unpaired) electrons. The fourth-order valence-electron chi connectivity index (χ4n) is 12.3. The van der Waals surface area contributed by atoms with E-state index in [1.165, 1.54) is 0 Å². The number of urea groups is 2. The summed E-state index contributed by atoms with van der Waals surface area (Å²) in [5.74, 6) is -11.2. The van der Waals surface area contributed by atoms with Gasteiger partial charge in [-0.2, -0.15) is 0 Å². The smallest absolute Gasteiger partial charge is 0.326 e. The van der Waals surface area contributed by atoms with Gasteiger partial charge in [0.1, 0.15) is 29.9 Å². The van der Waals surface area contributed by atoms with Gasteiger partial charge in [0.25, 0.3) is 0 Å². The maximum atomic E-state index is 13.9. The van der Waals surface area contributed by atoms with Crippen LogP contribution in [0.3, 0.4) is 0 Å². The molecule has 118 heavy (non-hydrogen) atoms. The van der Waals surface area contributed by atoms with Crippen molar-refractivity contribution in [1.29, 1.82) is 0 Å². The fraction of sp³-hybridized carbons (Fsp3) is 0.553. The van der Waals surface area contributed by atoms with Crippen molar-refractivity contribution >= 4 is 129 Å². The highest BCUT2D eigenvalue weighted by atomic mass is 127. The van der Waals surface area contributed by atoms with Gasteiger partial charge >= 0.3 is 59.8 Å². The number of unbranched alkanes of at least 4 members (excludes halogenated alkanes) is 3. The van der Waals surface area contributed by atoms with Gasteiger partial charge in [-0.15, -0.1) is 5.10 Å². The third-order valence-corrected chi connectivity index (χ3v) is 19.4. The third kappa shape index (κ3) is 42.7. The number of hydrogen-bond donors (Lipinski definition) is 17. The van der Waals surface area contributed by atoms with E-state index in [4.69, 9.17) is 31.5 Å². The number of carboxylic acid groups (broad SMARTS) is 8. The van der Waals surface area contributed by atoms with E-state index in [0.717, 1.165) is 21.1 Å². The molecule has 1 fully saturated rings. The van der Waals surface area contributed by atoms with Crippen LogP contribution < -0.4 is 47.9 Å². The largest absolute Gasteiger partial charge is 0.481 e. The number of nitrogens with one attached hydrogen (secondary N) is 9. The minimum absolute atomic E-state index is 0.0311. The number of carbonyl (C=O) groups excluding carboxylic acids is 5. The minimum Gasteiger partial charge on any atom is -0.481 e. The molecule has 650 valence electrons. The van der Waals surface area contributed by atoms with E-state index >= 15 is 0 Å².